The van der Waals surface area contributed by atoms with E-state index in [-0.39, 0.29) is 12.1 Å². The molecular weight excluding hydrogens is 230 g/mol. The van der Waals surface area contributed by atoms with Crippen LogP contribution >= 0.6 is 0 Å². The molecule has 98 valence electrons. The fourth-order valence-corrected chi connectivity index (χ4v) is 2.06. The Bertz CT molecular complexity index is 414. The zero-order valence-electron chi connectivity index (χ0n) is 11.1. The molecule has 0 bridgehead atoms. The van der Waals surface area contributed by atoms with Crippen LogP contribution in [-0.2, 0) is 4.74 Å². The van der Waals surface area contributed by atoms with E-state index in [1.54, 1.807) is 23.4 Å². The molecule has 1 aromatic rings. The predicted molar refractivity (Wildman–Crippen MR) is 66.9 cm³/mol. The number of amides is 1. The van der Waals surface area contributed by atoms with E-state index in [9.17, 15) is 4.79 Å². The van der Waals surface area contributed by atoms with Crippen molar-refractivity contribution in [3.8, 4) is 0 Å². The number of rotatable bonds is 1. The van der Waals surface area contributed by atoms with Crippen LogP contribution in [0.2, 0.25) is 0 Å². The number of likely N-dealkylation sites (tertiary alicyclic amines) is 1. The van der Waals surface area contributed by atoms with E-state index in [1.165, 1.54) is 0 Å². The first-order chi connectivity index (χ1) is 8.47. The smallest absolute Gasteiger partial charge is 0.410 e. The summed E-state index contributed by atoms with van der Waals surface area (Å²) in [6.07, 6.45) is 4.98. The Morgan fingerprint density at radius 2 is 2.06 bits per heavy atom. The predicted octanol–water partition coefficient (Wildman–Crippen LogP) is 2.55. The van der Waals surface area contributed by atoms with E-state index in [2.05, 4.69) is 9.97 Å². The molecule has 0 spiro atoms. The summed E-state index contributed by atoms with van der Waals surface area (Å²) in [5.74, 6) is 0.695. The van der Waals surface area contributed by atoms with Crippen molar-refractivity contribution in [3.63, 3.8) is 0 Å². The second-order valence-corrected chi connectivity index (χ2v) is 5.44. The van der Waals surface area contributed by atoms with Gasteiger partial charge in [-0.3, -0.25) is 4.90 Å². The Kier molecular flexibility index (Phi) is 3.50. The summed E-state index contributed by atoms with van der Waals surface area (Å²) in [6.45, 7) is 6.32. The van der Waals surface area contributed by atoms with Crippen molar-refractivity contribution in [3.05, 3.63) is 24.3 Å². The molecule has 1 aliphatic heterocycles. The third-order valence-electron chi connectivity index (χ3n) is 2.76. The van der Waals surface area contributed by atoms with E-state index in [4.69, 9.17) is 4.74 Å². The van der Waals surface area contributed by atoms with Crippen LogP contribution in [0.15, 0.2) is 18.5 Å². The zero-order chi connectivity index (χ0) is 13.2. The molecule has 1 saturated heterocycles. The summed E-state index contributed by atoms with van der Waals surface area (Å²) < 4.78 is 5.40. The SMILES string of the molecule is CC(C)(C)OC(=O)N1CCCC1c1ncccn1. The lowest BCUT2D eigenvalue weighted by atomic mass is 10.2. The first-order valence-corrected chi connectivity index (χ1v) is 6.24. The average Bonchev–Trinajstić information content (AvgIpc) is 2.76. The lowest BCUT2D eigenvalue weighted by Crippen LogP contribution is -2.36. The molecule has 5 nitrogen and oxygen atoms in total. The maximum absolute atomic E-state index is 12.1. The number of carbonyl (C=O) groups is 1. The first kappa shape index (κ1) is 12.8. The molecule has 0 N–H and O–H groups in total. The van der Waals surface area contributed by atoms with E-state index < -0.39 is 5.60 Å². The molecule has 5 heteroatoms. The highest BCUT2D eigenvalue weighted by molar-refractivity contribution is 5.69. The lowest BCUT2D eigenvalue weighted by molar-refractivity contribution is 0.0218. The van der Waals surface area contributed by atoms with E-state index in [0.29, 0.717) is 12.4 Å². The zero-order valence-corrected chi connectivity index (χ0v) is 11.1. The average molecular weight is 249 g/mol. The second-order valence-electron chi connectivity index (χ2n) is 5.44. The van der Waals surface area contributed by atoms with Gasteiger partial charge in [-0.2, -0.15) is 0 Å². The minimum atomic E-state index is -0.470. The number of hydrogen-bond donors (Lipinski definition) is 0. The van der Waals surface area contributed by atoms with Crippen LogP contribution in [0.25, 0.3) is 0 Å². The number of aromatic nitrogens is 2. The molecule has 0 radical (unpaired) electrons. The largest absolute Gasteiger partial charge is 0.444 e. The molecule has 1 fully saturated rings. The van der Waals surface area contributed by atoms with Crippen LogP contribution < -0.4 is 0 Å². The van der Waals surface area contributed by atoms with E-state index >= 15 is 0 Å². The second kappa shape index (κ2) is 4.92. The van der Waals surface area contributed by atoms with Crippen LogP contribution in [0, 0.1) is 0 Å². The van der Waals surface area contributed by atoms with Gasteiger partial charge in [0.15, 0.2) is 5.82 Å². The first-order valence-electron chi connectivity index (χ1n) is 6.24. The fourth-order valence-electron chi connectivity index (χ4n) is 2.06. The van der Waals surface area contributed by atoms with Crippen molar-refractivity contribution in [1.29, 1.82) is 0 Å². The van der Waals surface area contributed by atoms with Crippen molar-refractivity contribution in [1.82, 2.24) is 14.9 Å². The van der Waals surface area contributed by atoms with Gasteiger partial charge in [0.2, 0.25) is 0 Å². The minimum absolute atomic E-state index is 0.0546. The quantitative estimate of drug-likeness (QED) is 0.767. The van der Waals surface area contributed by atoms with Crippen molar-refractivity contribution < 1.29 is 9.53 Å². The van der Waals surface area contributed by atoms with Gasteiger partial charge in [-0.1, -0.05) is 0 Å². The molecule has 0 saturated carbocycles. The van der Waals surface area contributed by atoms with Crippen molar-refractivity contribution in [2.45, 2.75) is 45.3 Å². The molecule has 1 atom stereocenters. The number of carbonyl (C=O) groups excluding carboxylic acids is 1. The van der Waals surface area contributed by atoms with Gasteiger partial charge in [0, 0.05) is 18.9 Å². The molecule has 1 unspecified atom stereocenters. The maximum Gasteiger partial charge on any atom is 0.410 e. The molecule has 1 aromatic heterocycles. The Labute approximate surface area is 107 Å². The van der Waals surface area contributed by atoms with Gasteiger partial charge in [-0.05, 0) is 39.7 Å². The highest BCUT2D eigenvalue weighted by Crippen LogP contribution is 2.30. The Balaban J connectivity index is 2.11. The van der Waals surface area contributed by atoms with Crippen molar-refractivity contribution in [2.75, 3.05) is 6.54 Å². The lowest BCUT2D eigenvalue weighted by Gasteiger charge is -2.27. The van der Waals surface area contributed by atoms with Gasteiger partial charge in [-0.15, -0.1) is 0 Å². The van der Waals surface area contributed by atoms with E-state index in [0.717, 1.165) is 12.8 Å². The molecule has 0 aliphatic carbocycles. The molecule has 0 aromatic carbocycles. The normalized spacial score (nSPS) is 19.9. The van der Waals surface area contributed by atoms with Gasteiger partial charge in [0.05, 0.1) is 6.04 Å². The van der Waals surface area contributed by atoms with Crippen LogP contribution in [0.3, 0.4) is 0 Å². The molecule has 1 amide bonds. The summed E-state index contributed by atoms with van der Waals surface area (Å²) in [7, 11) is 0. The summed E-state index contributed by atoms with van der Waals surface area (Å²) in [5, 5.41) is 0. The fraction of sp³-hybridized carbons (Fsp3) is 0.615. The van der Waals surface area contributed by atoms with Gasteiger partial charge in [0.25, 0.3) is 0 Å². The summed E-state index contributed by atoms with van der Waals surface area (Å²) in [5.41, 5.74) is -0.470. The standard InChI is InChI=1S/C13H19N3O2/c1-13(2,3)18-12(17)16-9-4-6-10(16)11-14-7-5-8-15-11/h5,7-8,10H,4,6,9H2,1-3H3. The maximum atomic E-state index is 12.1. The Morgan fingerprint density at radius 1 is 1.39 bits per heavy atom. The topological polar surface area (TPSA) is 55.3 Å². The third kappa shape index (κ3) is 2.97. The van der Waals surface area contributed by atoms with Gasteiger partial charge in [-0.25, -0.2) is 14.8 Å². The highest BCUT2D eigenvalue weighted by atomic mass is 16.6. The Hall–Kier alpha value is -1.65. The molecule has 2 heterocycles. The molecular formula is C13H19N3O2. The van der Waals surface area contributed by atoms with Gasteiger partial charge in [0.1, 0.15) is 5.60 Å². The summed E-state index contributed by atoms with van der Waals surface area (Å²) in [4.78, 5) is 22.3. The summed E-state index contributed by atoms with van der Waals surface area (Å²) in [6, 6.07) is 1.72. The van der Waals surface area contributed by atoms with Crippen LogP contribution in [0.5, 0.6) is 0 Å². The van der Waals surface area contributed by atoms with Crippen molar-refractivity contribution >= 4 is 6.09 Å². The minimum Gasteiger partial charge on any atom is -0.444 e. The monoisotopic (exact) mass is 249 g/mol. The molecule has 18 heavy (non-hydrogen) atoms. The van der Waals surface area contributed by atoms with Gasteiger partial charge >= 0.3 is 6.09 Å². The molecule has 1 aliphatic rings. The highest BCUT2D eigenvalue weighted by Gasteiger charge is 2.34. The van der Waals surface area contributed by atoms with Crippen LogP contribution in [0.1, 0.15) is 45.5 Å². The van der Waals surface area contributed by atoms with Crippen molar-refractivity contribution in [2.24, 2.45) is 0 Å². The number of ether oxygens (including phenoxy) is 1. The molecule has 2 rings (SSSR count). The summed E-state index contributed by atoms with van der Waals surface area (Å²) >= 11 is 0. The van der Waals surface area contributed by atoms with Crippen LogP contribution in [0.4, 0.5) is 4.79 Å². The number of hydrogen-bond acceptors (Lipinski definition) is 4. The van der Waals surface area contributed by atoms with E-state index in [1.807, 2.05) is 20.8 Å². The number of nitrogens with zero attached hydrogens (tertiary/aromatic N) is 3. The van der Waals surface area contributed by atoms with Gasteiger partial charge < -0.3 is 4.74 Å². The third-order valence-corrected chi connectivity index (χ3v) is 2.76. The Morgan fingerprint density at radius 3 is 2.67 bits per heavy atom. The van der Waals surface area contributed by atoms with Crippen LogP contribution in [-0.4, -0.2) is 33.1 Å².